The molecule has 2 heterocycles. The van der Waals surface area contributed by atoms with Gasteiger partial charge in [0.2, 0.25) is 0 Å². The van der Waals surface area contributed by atoms with Crippen molar-refractivity contribution < 1.29 is 8.85 Å². The molecular weight excluding hydrogens is 549 g/mol. The smallest absolute Gasteiger partial charge is 0.410 e. The molecule has 0 amide bonds. The van der Waals surface area contributed by atoms with E-state index in [2.05, 4.69) is 89.2 Å². The van der Waals surface area contributed by atoms with Crippen LogP contribution in [0.1, 0.15) is 96.1 Å². The fourth-order valence-electron chi connectivity index (χ4n) is 7.58. The molecule has 1 aromatic heterocycles. The lowest BCUT2D eigenvalue weighted by molar-refractivity contribution is 0.143. The maximum absolute atomic E-state index is 14.5. The Labute approximate surface area is 247 Å². The van der Waals surface area contributed by atoms with Gasteiger partial charge in [0.15, 0.2) is 14.0 Å². The van der Waals surface area contributed by atoms with E-state index in [9.17, 15) is 14.9 Å². The Morgan fingerprint density at radius 2 is 1.34 bits per heavy atom. The summed E-state index contributed by atoms with van der Waals surface area (Å²) in [5.74, 6) is 0.213. The van der Waals surface area contributed by atoms with Crippen molar-refractivity contribution in [2.75, 3.05) is 6.61 Å². The summed E-state index contributed by atoms with van der Waals surface area (Å²) >= 11 is 0. The number of hydrogen-bond acceptors (Lipinski definition) is 5. The molecule has 0 saturated heterocycles. The van der Waals surface area contributed by atoms with Gasteiger partial charge in [-0.1, -0.05) is 101 Å². The molecule has 0 radical (unpaired) electrons. The highest BCUT2D eigenvalue weighted by Crippen LogP contribution is 2.55. The Morgan fingerprint density at radius 3 is 1.76 bits per heavy atom. The first-order valence-corrected chi connectivity index (χ1v) is 18.8. The summed E-state index contributed by atoms with van der Waals surface area (Å²) in [6, 6.07) is 10.8. The van der Waals surface area contributed by atoms with E-state index in [1.54, 1.807) is 16.8 Å². The van der Waals surface area contributed by atoms with E-state index in [4.69, 9.17) is 8.85 Å². The van der Waals surface area contributed by atoms with Gasteiger partial charge in [0.05, 0.1) is 18.3 Å². The van der Waals surface area contributed by atoms with Crippen molar-refractivity contribution in [1.29, 1.82) is 5.26 Å². The third-order valence-corrected chi connectivity index (χ3v) is 20.7. The van der Waals surface area contributed by atoms with E-state index in [0.29, 0.717) is 11.3 Å². The standard InChI is InChI=1S/C31H50N4O4Si2/c1-21(2)40(22(3)4,23(5)6)35-29(37)33(25-17-15-14-16-18-25)28(36)34(35)24(7)26-20-38-41(30(8,9)10,31(11,12)13)39-27(26)19-32/h14-18,21-24H,20H2,1-13H3. The number of aromatic nitrogens is 3. The number of allylic oxidation sites excluding steroid dienone is 1. The lowest BCUT2D eigenvalue weighted by Crippen LogP contribution is -2.60. The Bertz CT molecular complexity index is 1410. The fourth-order valence-corrected chi connectivity index (χ4v) is 18.7. The molecule has 3 rings (SSSR count). The molecule has 0 fully saturated rings. The van der Waals surface area contributed by atoms with Crippen LogP contribution in [0.3, 0.4) is 0 Å². The highest BCUT2D eigenvalue weighted by atomic mass is 28.4. The molecule has 10 heteroatoms. The zero-order valence-electron chi connectivity index (χ0n) is 27.3. The average molecular weight is 599 g/mol. The van der Waals surface area contributed by atoms with E-state index in [0.717, 1.165) is 0 Å². The highest BCUT2D eigenvalue weighted by molar-refractivity contribution is 6.81. The van der Waals surface area contributed by atoms with Gasteiger partial charge in [0.1, 0.15) is 6.07 Å². The van der Waals surface area contributed by atoms with Crippen molar-refractivity contribution in [2.45, 2.75) is 123 Å². The van der Waals surface area contributed by atoms with E-state index in [1.807, 2.05) is 29.5 Å². The summed E-state index contributed by atoms with van der Waals surface area (Å²) in [6.07, 6.45) is 0. The highest BCUT2D eigenvalue weighted by Gasteiger charge is 2.62. The van der Waals surface area contributed by atoms with Crippen LogP contribution in [0.25, 0.3) is 5.69 Å². The minimum absolute atomic E-state index is 0.162. The van der Waals surface area contributed by atoms with Gasteiger partial charge in [-0.05, 0) is 35.7 Å². The van der Waals surface area contributed by atoms with Crippen molar-refractivity contribution in [3.8, 4) is 11.8 Å². The summed E-state index contributed by atoms with van der Waals surface area (Å²) in [7, 11) is -5.68. The summed E-state index contributed by atoms with van der Waals surface area (Å²) in [4.78, 5) is 28.9. The quantitative estimate of drug-likeness (QED) is 0.313. The topological polar surface area (TPSA) is 91.2 Å². The summed E-state index contributed by atoms with van der Waals surface area (Å²) in [5.41, 5.74) is 0.848. The van der Waals surface area contributed by atoms with Gasteiger partial charge < -0.3 is 8.85 Å². The molecule has 0 bridgehead atoms. The number of nitrogens with zero attached hydrogens (tertiary/aromatic N) is 4. The van der Waals surface area contributed by atoms with Gasteiger partial charge >= 0.3 is 19.9 Å². The molecule has 226 valence electrons. The molecule has 2 aromatic rings. The molecule has 1 aliphatic heterocycles. The van der Waals surface area contributed by atoms with Crippen LogP contribution in [0.15, 0.2) is 51.3 Å². The monoisotopic (exact) mass is 598 g/mol. The zero-order chi connectivity index (χ0) is 31.3. The van der Waals surface area contributed by atoms with Gasteiger partial charge in [-0.25, -0.2) is 18.8 Å². The second kappa shape index (κ2) is 11.2. The lowest BCUT2D eigenvalue weighted by Gasteiger charge is -2.51. The van der Waals surface area contributed by atoms with Crippen LogP contribution in [0.2, 0.25) is 26.7 Å². The van der Waals surface area contributed by atoms with Gasteiger partial charge in [-0.2, -0.15) is 5.26 Å². The first-order chi connectivity index (χ1) is 18.8. The predicted octanol–water partition coefficient (Wildman–Crippen LogP) is 7.25. The van der Waals surface area contributed by atoms with E-state index >= 15 is 0 Å². The molecule has 0 spiro atoms. The van der Waals surface area contributed by atoms with Gasteiger partial charge in [-0.15, -0.1) is 0 Å². The van der Waals surface area contributed by atoms with Crippen molar-refractivity contribution in [3.05, 3.63) is 62.6 Å². The van der Waals surface area contributed by atoms with Crippen LogP contribution in [0, 0.1) is 11.3 Å². The first-order valence-electron chi connectivity index (χ1n) is 14.8. The van der Waals surface area contributed by atoms with Crippen molar-refractivity contribution >= 4 is 16.8 Å². The second-order valence-electron chi connectivity index (χ2n) is 14.4. The molecule has 1 aliphatic rings. The van der Waals surface area contributed by atoms with E-state index in [1.165, 1.54) is 4.57 Å². The number of benzene rings is 1. The normalized spacial score (nSPS) is 17.2. The summed E-state index contributed by atoms with van der Waals surface area (Å²) in [6.45, 7) is 27.6. The minimum Gasteiger partial charge on any atom is -0.511 e. The average Bonchev–Trinajstić information content (AvgIpc) is 3.12. The number of hydrogen-bond donors (Lipinski definition) is 0. The summed E-state index contributed by atoms with van der Waals surface area (Å²) < 4.78 is 18.1. The van der Waals surface area contributed by atoms with Crippen LogP contribution in [-0.2, 0) is 8.85 Å². The molecule has 0 aliphatic carbocycles. The van der Waals surface area contributed by atoms with Crippen LogP contribution < -0.4 is 11.4 Å². The molecular formula is C31H50N4O4Si2. The molecule has 41 heavy (non-hydrogen) atoms. The third kappa shape index (κ3) is 5.04. The van der Waals surface area contributed by atoms with Gasteiger partial charge in [0, 0.05) is 15.6 Å². The van der Waals surface area contributed by atoms with Gasteiger partial charge in [0.25, 0.3) is 0 Å². The number of nitriles is 1. The van der Waals surface area contributed by atoms with Crippen LogP contribution >= 0.6 is 0 Å². The Balaban J connectivity index is 2.44. The first kappa shape index (κ1) is 32.9. The maximum Gasteiger partial charge on any atom is 0.410 e. The SMILES string of the molecule is CC(C1=C(C#N)O[Si](C(C)(C)C)(C(C)(C)C)OC1)n1c(=O)n(-c2ccccc2)c(=O)n1[Si](C(C)C)(C(C)C)C(C)C. The third-order valence-electron chi connectivity index (χ3n) is 9.05. The van der Waals surface area contributed by atoms with E-state index < -0.39 is 28.5 Å². The molecule has 0 saturated carbocycles. The molecule has 1 aromatic carbocycles. The van der Waals surface area contributed by atoms with Crippen molar-refractivity contribution in [3.63, 3.8) is 0 Å². The Morgan fingerprint density at radius 1 is 0.854 bits per heavy atom. The molecule has 0 N–H and O–H groups in total. The summed E-state index contributed by atoms with van der Waals surface area (Å²) in [5, 5.41) is 9.78. The Kier molecular flexibility index (Phi) is 9.01. The zero-order valence-corrected chi connectivity index (χ0v) is 29.3. The maximum atomic E-state index is 14.5. The van der Waals surface area contributed by atoms with Crippen LogP contribution in [0.5, 0.6) is 0 Å². The van der Waals surface area contributed by atoms with Gasteiger partial charge in [-0.3, -0.25) is 4.35 Å². The fraction of sp³-hybridized carbons (Fsp3) is 0.645. The van der Waals surface area contributed by atoms with Crippen molar-refractivity contribution in [2.24, 2.45) is 0 Å². The van der Waals surface area contributed by atoms with Crippen LogP contribution in [-0.4, -0.2) is 37.0 Å². The largest absolute Gasteiger partial charge is 0.511 e. The predicted molar refractivity (Wildman–Crippen MR) is 170 cm³/mol. The Hall–Kier alpha value is -2.62. The minimum atomic E-state index is -2.97. The molecule has 1 unspecified atom stereocenters. The van der Waals surface area contributed by atoms with E-state index in [-0.39, 0.29) is 44.8 Å². The number of para-hydroxylation sites is 1. The van der Waals surface area contributed by atoms with Crippen molar-refractivity contribution in [1.82, 2.24) is 13.6 Å². The lowest BCUT2D eigenvalue weighted by atomic mass is 10.1. The number of rotatable bonds is 7. The molecule has 8 nitrogen and oxygen atoms in total. The molecule has 1 atom stereocenters. The second-order valence-corrected chi connectivity index (χ2v) is 24.8. The van der Waals surface area contributed by atoms with Crippen LogP contribution in [0.4, 0.5) is 0 Å².